The van der Waals surface area contributed by atoms with Gasteiger partial charge in [0.25, 0.3) is 0 Å². The molecule has 2 heterocycles. The van der Waals surface area contributed by atoms with Gasteiger partial charge in [-0.1, -0.05) is 0 Å². The zero-order valence-electron chi connectivity index (χ0n) is 17.3. The molecule has 0 bridgehead atoms. The molecule has 2 rings (SSSR count). The lowest BCUT2D eigenvalue weighted by Crippen LogP contribution is -2.62. The largest absolute Gasteiger partial charge is 0.444 e. The van der Waals surface area contributed by atoms with Gasteiger partial charge in [0, 0.05) is 38.3 Å². The van der Waals surface area contributed by atoms with Crippen LogP contribution < -0.4 is 5.32 Å². The molecule has 1 amide bonds. The average molecular weight is 372 g/mol. The monoisotopic (exact) mass is 371 g/mol. The minimum atomic E-state index is -0.472. The lowest BCUT2D eigenvalue weighted by molar-refractivity contribution is -0.0595. The van der Waals surface area contributed by atoms with Crippen LogP contribution in [0, 0.1) is 0 Å². The highest BCUT2D eigenvalue weighted by atomic mass is 16.6. The molecule has 3 atom stereocenters. The van der Waals surface area contributed by atoms with Gasteiger partial charge in [-0.3, -0.25) is 4.90 Å². The second-order valence-corrected chi connectivity index (χ2v) is 8.69. The predicted octanol–water partition coefficient (Wildman–Crippen LogP) is 1.71. The highest BCUT2D eigenvalue weighted by Crippen LogP contribution is 2.16. The van der Waals surface area contributed by atoms with Crippen molar-refractivity contribution in [2.24, 2.45) is 0 Å². The topological polar surface area (TPSA) is 63.3 Å². The van der Waals surface area contributed by atoms with E-state index in [9.17, 15) is 4.79 Å². The fraction of sp³-hybridized carbons (Fsp3) is 0.947. The van der Waals surface area contributed by atoms with Crippen LogP contribution in [0.15, 0.2) is 0 Å². The second kappa shape index (κ2) is 9.35. The Morgan fingerprint density at radius 1 is 1.35 bits per heavy atom. The number of piperazine rings is 1. The number of amides is 1. The first-order valence-electron chi connectivity index (χ1n) is 9.82. The van der Waals surface area contributed by atoms with Crippen molar-refractivity contribution >= 4 is 6.09 Å². The predicted molar refractivity (Wildman–Crippen MR) is 101 cm³/mol. The minimum absolute atomic E-state index is 0.130. The van der Waals surface area contributed by atoms with Crippen LogP contribution >= 0.6 is 0 Å². The van der Waals surface area contributed by atoms with Crippen molar-refractivity contribution in [3.8, 4) is 0 Å². The smallest absolute Gasteiger partial charge is 0.410 e. The Kier molecular flexibility index (Phi) is 7.70. The van der Waals surface area contributed by atoms with Gasteiger partial charge in [-0.25, -0.2) is 4.79 Å². The third kappa shape index (κ3) is 6.68. The molecule has 7 heteroatoms. The number of nitrogens with one attached hydrogen (secondary N) is 1. The van der Waals surface area contributed by atoms with Crippen LogP contribution in [0.1, 0.15) is 41.5 Å². The van der Waals surface area contributed by atoms with E-state index in [4.69, 9.17) is 14.2 Å². The van der Waals surface area contributed by atoms with Gasteiger partial charge in [0.1, 0.15) is 5.60 Å². The molecule has 0 spiro atoms. The molecule has 0 saturated carbocycles. The highest BCUT2D eigenvalue weighted by Gasteiger charge is 2.34. The van der Waals surface area contributed by atoms with Crippen LogP contribution in [0.4, 0.5) is 4.79 Å². The van der Waals surface area contributed by atoms with E-state index in [1.165, 1.54) is 0 Å². The summed E-state index contributed by atoms with van der Waals surface area (Å²) < 4.78 is 17.0. The molecule has 7 nitrogen and oxygen atoms in total. The summed E-state index contributed by atoms with van der Waals surface area (Å²) in [6.45, 7) is 17.2. The number of rotatable bonds is 5. The van der Waals surface area contributed by atoms with E-state index in [1.807, 2.05) is 25.7 Å². The van der Waals surface area contributed by atoms with Gasteiger partial charge in [-0.2, -0.15) is 0 Å². The van der Waals surface area contributed by atoms with Crippen molar-refractivity contribution in [2.75, 3.05) is 46.0 Å². The normalized spacial score (nSPS) is 28.4. The van der Waals surface area contributed by atoms with E-state index in [0.717, 1.165) is 26.2 Å². The summed E-state index contributed by atoms with van der Waals surface area (Å²) in [4.78, 5) is 16.8. The van der Waals surface area contributed by atoms with Crippen LogP contribution in [0.25, 0.3) is 0 Å². The standard InChI is InChI=1S/C19H37N3O4/c1-14(2)25-13-17-12-24-8-7-21(17)10-16-11-22(15(3)9-20-16)18(23)26-19(4,5)6/h14-17,20H,7-13H2,1-6H3/t15-,16+,17+/m1/s1. The van der Waals surface area contributed by atoms with Crippen LogP contribution in [-0.4, -0.2) is 91.7 Å². The molecule has 2 fully saturated rings. The van der Waals surface area contributed by atoms with E-state index >= 15 is 0 Å². The summed E-state index contributed by atoms with van der Waals surface area (Å²) in [5, 5.41) is 3.58. The molecule has 152 valence electrons. The highest BCUT2D eigenvalue weighted by molar-refractivity contribution is 5.68. The molecule has 2 saturated heterocycles. The summed E-state index contributed by atoms with van der Waals surface area (Å²) in [6.07, 6.45) is -0.00624. The summed E-state index contributed by atoms with van der Waals surface area (Å²) in [5.74, 6) is 0. The first-order chi connectivity index (χ1) is 12.2. The number of carbonyl (C=O) groups is 1. The molecule has 0 aliphatic carbocycles. The van der Waals surface area contributed by atoms with E-state index < -0.39 is 5.60 Å². The Labute approximate surface area is 158 Å². The summed E-state index contributed by atoms with van der Waals surface area (Å²) in [6, 6.07) is 0.617. The minimum Gasteiger partial charge on any atom is -0.444 e. The average Bonchev–Trinajstić information content (AvgIpc) is 2.54. The van der Waals surface area contributed by atoms with E-state index in [-0.39, 0.29) is 30.3 Å². The van der Waals surface area contributed by atoms with Crippen molar-refractivity contribution in [2.45, 2.75) is 71.4 Å². The quantitative estimate of drug-likeness (QED) is 0.794. The summed E-state index contributed by atoms with van der Waals surface area (Å²) in [5.41, 5.74) is -0.472. The summed E-state index contributed by atoms with van der Waals surface area (Å²) >= 11 is 0. The molecule has 0 radical (unpaired) electrons. The molecule has 2 aliphatic heterocycles. The van der Waals surface area contributed by atoms with E-state index in [2.05, 4.69) is 31.0 Å². The lowest BCUT2D eigenvalue weighted by atomic mass is 10.1. The molecular formula is C19H37N3O4. The third-order valence-electron chi connectivity index (χ3n) is 4.71. The number of hydrogen-bond donors (Lipinski definition) is 1. The maximum Gasteiger partial charge on any atom is 0.410 e. The Bertz CT molecular complexity index is 453. The van der Waals surface area contributed by atoms with Gasteiger partial charge in [-0.15, -0.1) is 0 Å². The number of nitrogens with zero attached hydrogens (tertiary/aromatic N) is 2. The second-order valence-electron chi connectivity index (χ2n) is 8.69. The van der Waals surface area contributed by atoms with Crippen LogP contribution in [0.2, 0.25) is 0 Å². The van der Waals surface area contributed by atoms with Crippen molar-refractivity contribution < 1.29 is 19.0 Å². The van der Waals surface area contributed by atoms with Gasteiger partial charge in [0.05, 0.1) is 32.0 Å². The van der Waals surface area contributed by atoms with Gasteiger partial charge in [-0.05, 0) is 41.5 Å². The van der Waals surface area contributed by atoms with Gasteiger partial charge < -0.3 is 24.4 Å². The van der Waals surface area contributed by atoms with Crippen LogP contribution in [0.5, 0.6) is 0 Å². The molecule has 0 aromatic rings. The van der Waals surface area contributed by atoms with Crippen molar-refractivity contribution in [1.29, 1.82) is 0 Å². The Morgan fingerprint density at radius 3 is 2.73 bits per heavy atom. The van der Waals surface area contributed by atoms with E-state index in [1.54, 1.807) is 0 Å². The van der Waals surface area contributed by atoms with Crippen molar-refractivity contribution in [3.05, 3.63) is 0 Å². The molecule has 1 N–H and O–H groups in total. The molecule has 0 aromatic heterocycles. The van der Waals surface area contributed by atoms with Gasteiger partial charge in [0.15, 0.2) is 0 Å². The van der Waals surface area contributed by atoms with Crippen LogP contribution in [-0.2, 0) is 14.2 Å². The van der Waals surface area contributed by atoms with Gasteiger partial charge >= 0.3 is 6.09 Å². The molecule has 2 aliphatic rings. The third-order valence-corrected chi connectivity index (χ3v) is 4.71. The maximum absolute atomic E-state index is 12.5. The molecule has 0 aromatic carbocycles. The number of ether oxygens (including phenoxy) is 3. The lowest BCUT2D eigenvalue weighted by Gasteiger charge is -2.43. The zero-order valence-corrected chi connectivity index (χ0v) is 17.3. The summed E-state index contributed by atoms with van der Waals surface area (Å²) in [7, 11) is 0. The fourth-order valence-corrected chi connectivity index (χ4v) is 3.30. The van der Waals surface area contributed by atoms with Crippen molar-refractivity contribution in [1.82, 2.24) is 15.1 Å². The number of hydrogen-bond acceptors (Lipinski definition) is 6. The maximum atomic E-state index is 12.5. The van der Waals surface area contributed by atoms with E-state index in [0.29, 0.717) is 19.8 Å². The molecular weight excluding hydrogens is 334 g/mol. The van der Waals surface area contributed by atoms with Gasteiger partial charge in [0.2, 0.25) is 0 Å². The first-order valence-corrected chi connectivity index (χ1v) is 9.82. The Hall–Kier alpha value is -0.890. The number of morpholine rings is 1. The van der Waals surface area contributed by atoms with Crippen LogP contribution in [0.3, 0.4) is 0 Å². The SMILES string of the molecule is CC(C)OC[C@@H]1COCCN1C[C@H]1CN(C(=O)OC(C)(C)C)[C@H](C)CN1. The van der Waals surface area contributed by atoms with Crippen molar-refractivity contribution in [3.63, 3.8) is 0 Å². The molecule has 26 heavy (non-hydrogen) atoms. The fourth-order valence-electron chi connectivity index (χ4n) is 3.30. The number of carbonyl (C=O) groups excluding carboxylic acids is 1. The Balaban J connectivity index is 1.92. The zero-order chi connectivity index (χ0) is 19.3. The molecule has 0 unspecified atom stereocenters. The Morgan fingerprint density at radius 2 is 2.08 bits per heavy atom. The first kappa shape index (κ1) is 21.4.